The molecule has 11 rings (SSSR count). The number of esters is 3. The number of carbonyl (C=O) groups excluding carboxylic acids is 6. The van der Waals surface area contributed by atoms with Crippen LogP contribution in [-0.4, -0.2) is 113 Å². The first kappa shape index (κ1) is 85.2. The minimum Gasteiger partial charge on any atom is -0.545 e. The van der Waals surface area contributed by atoms with Crippen LogP contribution >= 0.6 is 46.4 Å². The van der Waals surface area contributed by atoms with Crippen molar-refractivity contribution in [2.45, 2.75) is 228 Å². The molecule has 1 heterocycles. The number of Topliss-reactive ketones (excluding diaryl/α,β-unsaturated/α-hetero) is 1. The molecule has 20 nitrogen and oxygen atoms in total. The Morgan fingerprint density at radius 2 is 1.50 bits per heavy atom. The van der Waals surface area contributed by atoms with E-state index in [1.54, 1.807) is 70.6 Å². The fraction of sp³-hybridized carbons (Fsp3) is 0.623. The normalized spacial score (nSPS) is 34.9. The second-order valence-corrected chi connectivity index (χ2v) is 32.4. The number of ether oxygens (including phenoxy) is 4. The molecule has 19 atom stereocenters. The summed E-state index contributed by atoms with van der Waals surface area (Å²) >= 11 is 24.5. The molecule has 2 aromatic carbocycles. The number of benzene rings is 2. The number of ketones is 2. The number of carboxylic acid groups (broad SMARTS) is 1. The van der Waals surface area contributed by atoms with Crippen LogP contribution in [0, 0.1) is 78.6 Å². The molecule has 0 saturated heterocycles. The molecule has 26 heteroatoms. The number of rotatable bonds is 17. The van der Waals surface area contributed by atoms with Crippen molar-refractivity contribution >= 4 is 81.8 Å². The predicted molar refractivity (Wildman–Crippen MR) is 380 cm³/mol. The van der Waals surface area contributed by atoms with E-state index in [1.165, 1.54) is 19.1 Å². The van der Waals surface area contributed by atoms with Gasteiger partial charge in [-0.15, -0.1) is 10.1 Å². The van der Waals surface area contributed by atoms with Gasteiger partial charge in [0.05, 0.1) is 43.8 Å². The van der Waals surface area contributed by atoms with E-state index in [2.05, 4.69) is 32.7 Å². The Labute approximate surface area is 645 Å². The number of imidazole rings is 1. The summed E-state index contributed by atoms with van der Waals surface area (Å²) in [4.78, 5) is 87.4. The van der Waals surface area contributed by atoms with Gasteiger partial charge in [-0.3, -0.25) is 24.0 Å². The van der Waals surface area contributed by atoms with Crippen LogP contribution in [-0.2, 0) is 60.9 Å². The molecule has 3 aromatic rings. The molecule has 0 aliphatic heterocycles. The van der Waals surface area contributed by atoms with Gasteiger partial charge in [0, 0.05) is 80.5 Å². The van der Waals surface area contributed by atoms with Crippen LogP contribution in [0.4, 0.5) is 4.39 Å². The smallest absolute Gasteiger partial charge is 0.545 e. The van der Waals surface area contributed by atoms with Gasteiger partial charge in [0.25, 0.3) is 5.09 Å². The van der Waals surface area contributed by atoms with Crippen molar-refractivity contribution in [2.75, 3.05) is 6.61 Å². The van der Waals surface area contributed by atoms with Gasteiger partial charge in [0.2, 0.25) is 5.78 Å². The topological polar surface area (TPSA) is 304 Å². The zero-order chi connectivity index (χ0) is 75.6. The third kappa shape index (κ3) is 16.7. The molecule has 0 spiro atoms. The second-order valence-electron chi connectivity index (χ2n) is 30.7. The van der Waals surface area contributed by atoms with Crippen LogP contribution in [0.1, 0.15) is 190 Å². The molecule has 7 fully saturated rings. The van der Waals surface area contributed by atoms with Crippen molar-refractivity contribution < 1.29 is 112 Å². The Balaban J connectivity index is 0.000000213. The molecule has 560 valence electrons. The zero-order valence-corrected chi connectivity index (χ0v) is 66.3. The van der Waals surface area contributed by atoms with Crippen molar-refractivity contribution in [1.29, 1.82) is 0 Å². The van der Waals surface area contributed by atoms with Gasteiger partial charge in [-0.1, -0.05) is 137 Å². The molecule has 0 amide bonds. The molecule has 8 aliphatic carbocycles. The summed E-state index contributed by atoms with van der Waals surface area (Å²) in [6, 6.07) is 10.7. The van der Waals surface area contributed by atoms with E-state index in [9.17, 15) is 49.2 Å². The van der Waals surface area contributed by atoms with E-state index in [-0.39, 0.29) is 112 Å². The predicted octanol–water partition coefficient (Wildman–Crippen LogP) is 11.3. The summed E-state index contributed by atoms with van der Waals surface area (Å²) in [7, 11) is 0. The number of carboxylic acids is 1. The van der Waals surface area contributed by atoms with E-state index < -0.39 is 93.6 Å². The van der Waals surface area contributed by atoms with Crippen LogP contribution < -0.4 is 34.7 Å². The van der Waals surface area contributed by atoms with Crippen molar-refractivity contribution in [3.8, 4) is 0 Å². The summed E-state index contributed by atoms with van der Waals surface area (Å²) in [5, 5.41) is 62.5. The van der Waals surface area contributed by atoms with Crippen LogP contribution in [0.2, 0.25) is 20.1 Å². The Morgan fingerprint density at radius 3 is 2.09 bits per heavy atom. The van der Waals surface area contributed by atoms with E-state index in [0.717, 1.165) is 42.4 Å². The molecule has 0 radical (unpaired) electrons. The maximum atomic E-state index is 17.4. The molecular weight excluding hydrogens is 1420 g/mol. The summed E-state index contributed by atoms with van der Waals surface area (Å²) < 4.78 is 42.4. The number of aliphatic hydroxyl groups excluding tert-OH is 3. The quantitative estimate of drug-likeness (QED) is 0.0186. The molecular formula is C77H99Cl4FN3NaO17. The number of hydrogen-bond acceptors (Lipinski definition) is 17. The maximum absolute atomic E-state index is 17.4. The van der Waals surface area contributed by atoms with Crippen LogP contribution in [0.25, 0.3) is 0 Å². The van der Waals surface area contributed by atoms with Crippen molar-refractivity contribution in [1.82, 2.24) is 9.55 Å². The maximum Gasteiger partial charge on any atom is 1.00 e. The SMILES string of the molecule is CC(=O)O[C@H]1C[C@@]2(C)[C@@H](C[C@@H](O)[C@H]3[C@@]4(C)CC[C@@H](O)[C@@H](C)[C@@H]4CC[C@@]32C)/C1=C(\CCC=C(C)C)C(=O)[O-].CCC(=O)OCC(=O)[C@@]1(OC(=O)CC)[C@@H](C)C[C@H]2[C@@H]3CCC4=CC(=O)C=C[C@]4(C)[C@@]3(F)[C@@H](O)C[C@@]21C.Clc1ccc(COC(Cn2ccnc2)c2ccc(Cl)cc2Cl)c(Cl)c1.O=[N+]([O-])O.[Na+]. The van der Waals surface area contributed by atoms with E-state index in [4.69, 9.17) is 80.7 Å². The number of carbonyl (C=O) groups is 6. The van der Waals surface area contributed by atoms with Gasteiger partial charge < -0.3 is 53.9 Å². The largest absolute Gasteiger partial charge is 1.00 e. The fourth-order valence-electron chi connectivity index (χ4n) is 20.2. The molecule has 8 aliphatic rings. The average Bonchev–Trinajstić information content (AvgIpc) is 1.62. The average molecular weight is 1520 g/mol. The van der Waals surface area contributed by atoms with Crippen molar-refractivity contribution in [2.24, 2.45) is 68.5 Å². The fourth-order valence-corrected chi connectivity index (χ4v) is 21.2. The Kier molecular flexibility index (Phi) is 28.2. The van der Waals surface area contributed by atoms with Crippen LogP contribution in [0.5, 0.6) is 0 Å². The first-order valence-electron chi connectivity index (χ1n) is 35.4. The van der Waals surface area contributed by atoms with E-state index >= 15 is 4.39 Å². The molecule has 1 aromatic heterocycles. The molecule has 7 saturated carbocycles. The summed E-state index contributed by atoms with van der Waals surface area (Å²) in [6.07, 6.45) is 15.3. The number of alkyl halides is 1. The van der Waals surface area contributed by atoms with Gasteiger partial charge in [-0.05, 0) is 197 Å². The van der Waals surface area contributed by atoms with E-state index in [0.29, 0.717) is 95.3 Å². The van der Waals surface area contributed by atoms with E-state index in [1.807, 2.05) is 49.7 Å². The minimum absolute atomic E-state index is 0. The molecule has 4 N–H and O–H groups in total. The number of halogens is 5. The Hall–Kier alpha value is -5.04. The van der Waals surface area contributed by atoms with Crippen molar-refractivity contribution in [3.63, 3.8) is 0 Å². The third-order valence-corrected chi connectivity index (χ3v) is 26.2. The number of allylic oxidation sites excluding steroid dienone is 6. The van der Waals surface area contributed by atoms with Crippen molar-refractivity contribution in [3.05, 3.63) is 143 Å². The number of aliphatic hydroxyl groups is 3. The van der Waals surface area contributed by atoms with Gasteiger partial charge in [0.1, 0.15) is 12.2 Å². The molecule has 103 heavy (non-hydrogen) atoms. The summed E-state index contributed by atoms with van der Waals surface area (Å²) in [5.74, 6) is -4.56. The molecule has 1 unspecified atom stereocenters. The zero-order valence-electron chi connectivity index (χ0n) is 61.3. The third-order valence-electron chi connectivity index (χ3n) is 25.1. The van der Waals surface area contributed by atoms with Crippen LogP contribution in [0.15, 0.2) is 102 Å². The summed E-state index contributed by atoms with van der Waals surface area (Å²) in [5.41, 5.74) is -2.24. The number of nitrogens with zero attached hydrogens (tertiary/aromatic N) is 3. The minimum atomic E-state index is -2.05. The van der Waals surface area contributed by atoms with Gasteiger partial charge >= 0.3 is 47.5 Å². The number of aromatic nitrogens is 2. The Morgan fingerprint density at radius 1 is 0.845 bits per heavy atom. The monoisotopic (exact) mass is 1520 g/mol. The number of hydrogen-bond donors (Lipinski definition) is 4. The second kappa shape index (κ2) is 34.0. The Bertz CT molecular complexity index is 3770. The standard InChI is InChI=1S/C31H48O6.C28H37FO7.C18H14Cl4N2O.HNO3.Na/c1-17(2)9-8-10-20(28(35)36)26-22-15-24(34)27-29(5)13-12-23(33)18(3)21(29)11-14-30(27,6)31(22,7)16-25(26)37-19(4)32;1-6-23(33)35-15-22(32)28(36-24(34)7-2)16(3)12-20-19-9-8-17-13-18(30)10-11-25(17,4)27(19,29)21(31)14-26(20,28)5;19-13-2-1-12(16(21)7-13)10-25-18(9-24-6-5-23-11-24)15-4-3-14(20)8-17(15)22;2-1(3)4;/h9,18,21-25,27,33-34H,8,10-16H2,1-7H3,(H,35,36);10-11,13,16,19-21,31H,6-9,12,14-15H2,1-5H3;1-8,11,18H,9-10H2;(H,2,3,4);/q;;;;+1/p-1/b26-20-;;;;/t18-,21-,22-,23+,24+,25-,27-,29-,30-,31-;16-,19-,20-,21-,25-,26-,27-,28-;;;/m00.../s1. The van der Waals surface area contributed by atoms with Gasteiger partial charge in [-0.25, -0.2) is 9.37 Å². The molecule has 0 bridgehead atoms. The van der Waals surface area contributed by atoms with Gasteiger partial charge in [-0.2, -0.15) is 0 Å². The van der Waals surface area contributed by atoms with Gasteiger partial charge in [0.15, 0.2) is 23.7 Å². The number of fused-ring (bicyclic) bond motifs is 10. The first-order chi connectivity index (χ1) is 47.7. The van der Waals surface area contributed by atoms with Crippen LogP contribution in [0.3, 0.4) is 0 Å². The summed E-state index contributed by atoms with van der Waals surface area (Å²) in [6.45, 7) is 23.3. The number of aliphatic carboxylic acids is 1. The first-order valence-corrected chi connectivity index (χ1v) is 36.9.